The highest BCUT2D eigenvalue weighted by Crippen LogP contribution is 2.31. The lowest BCUT2D eigenvalue weighted by Crippen LogP contribution is -2.75. The van der Waals surface area contributed by atoms with Crippen molar-refractivity contribution in [1.29, 1.82) is 0 Å². The summed E-state index contributed by atoms with van der Waals surface area (Å²) in [6, 6.07) is 6.71. The number of hydrogen-bond acceptors (Lipinski definition) is 5. The van der Waals surface area contributed by atoms with Gasteiger partial charge in [0.1, 0.15) is 23.8 Å². The van der Waals surface area contributed by atoms with Crippen LogP contribution >= 0.6 is 23.2 Å². The van der Waals surface area contributed by atoms with Crippen LogP contribution in [0.2, 0.25) is 10.0 Å². The molecule has 2 atom stereocenters. The van der Waals surface area contributed by atoms with Gasteiger partial charge in [-0.2, -0.15) is 0 Å². The Hall–Kier alpha value is -3.21. The number of carbonyl (C=O) groups excluding carboxylic acids is 3. The molecule has 8 nitrogen and oxygen atoms in total. The van der Waals surface area contributed by atoms with Crippen LogP contribution in [-0.2, 0) is 27.3 Å². The van der Waals surface area contributed by atoms with Gasteiger partial charge in [0.05, 0.1) is 20.2 Å². The van der Waals surface area contributed by atoms with Gasteiger partial charge in [-0.05, 0) is 29.3 Å². The number of nitrogens with zero attached hydrogens (tertiary/aromatic N) is 4. The number of hydrazine groups is 1. The average molecular weight is 553 g/mol. The number of carbonyl (C=O) groups is 3. The molecule has 196 valence electrons. The van der Waals surface area contributed by atoms with Gasteiger partial charge in [-0.25, -0.2) is 23.6 Å². The van der Waals surface area contributed by atoms with Gasteiger partial charge >= 0.3 is 6.09 Å². The van der Waals surface area contributed by atoms with Crippen LogP contribution in [0.4, 0.5) is 13.6 Å². The Morgan fingerprint density at radius 3 is 2.54 bits per heavy atom. The fourth-order valence-electron chi connectivity index (χ4n) is 4.66. The third-order valence-electron chi connectivity index (χ3n) is 6.34. The lowest BCUT2D eigenvalue weighted by Gasteiger charge is -2.54. The largest absolute Gasteiger partial charge is 0.452 e. The molecule has 2 aromatic rings. The topological polar surface area (TPSA) is 73.4 Å². The Morgan fingerprint density at radius 1 is 1.16 bits per heavy atom. The van der Waals surface area contributed by atoms with Crippen LogP contribution in [0.1, 0.15) is 11.1 Å². The maximum absolute atomic E-state index is 14.6. The Bertz CT molecular complexity index is 1250. The predicted octanol–water partition coefficient (Wildman–Crippen LogP) is 3.86. The van der Waals surface area contributed by atoms with Crippen molar-refractivity contribution in [2.45, 2.75) is 25.2 Å². The predicted molar refractivity (Wildman–Crippen MR) is 132 cm³/mol. The molecule has 37 heavy (non-hydrogen) atoms. The highest BCUT2D eigenvalue weighted by atomic mass is 35.5. The van der Waals surface area contributed by atoms with Crippen LogP contribution in [0.3, 0.4) is 0 Å². The van der Waals surface area contributed by atoms with Crippen LogP contribution in [0.25, 0.3) is 0 Å². The molecule has 2 aliphatic rings. The molecular weight excluding hydrogens is 529 g/mol. The number of fused-ring (bicyclic) bond motifs is 1. The first-order valence-corrected chi connectivity index (χ1v) is 12.1. The minimum absolute atomic E-state index is 0.0479. The maximum Gasteiger partial charge on any atom is 0.426 e. The Balaban J connectivity index is 1.77. The zero-order valence-corrected chi connectivity index (χ0v) is 21.4. The van der Waals surface area contributed by atoms with Crippen molar-refractivity contribution in [1.82, 2.24) is 19.8 Å². The summed E-state index contributed by atoms with van der Waals surface area (Å²) in [6.07, 6.45) is -0.390. The fourth-order valence-corrected chi connectivity index (χ4v) is 5.13. The van der Waals surface area contributed by atoms with Crippen molar-refractivity contribution in [2.75, 3.05) is 26.7 Å². The molecule has 0 N–H and O–H groups in total. The van der Waals surface area contributed by atoms with Gasteiger partial charge < -0.3 is 14.5 Å². The van der Waals surface area contributed by atoms with Crippen LogP contribution in [-0.4, -0.2) is 76.7 Å². The van der Waals surface area contributed by atoms with Crippen LogP contribution in [0.5, 0.6) is 0 Å². The second-order valence-electron chi connectivity index (χ2n) is 8.64. The molecule has 0 saturated carbocycles. The number of halogens is 4. The van der Waals surface area contributed by atoms with E-state index in [1.54, 1.807) is 18.2 Å². The van der Waals surface area contributed by atoms with Crippen molar-refractivity contribution in [3.05, 3.63) is 81.9 Å². The minimum Gasteiger partial charge on any atom is -0.452 e. The number of ether oxygens (including phenoxy) is 1. The Morgan fingerprint density at radius 2 is 1.89 bits per heavy atom. The van der Waals surface area contributed by atoms with Gasteiger partial charge in [-0.1, -0.05) is 41.4 Å². The molecule has 2 heterocycles. The monoisotopic (exact) mass is 552 g/mol. The molecule has 0 radical (unpaired) electrons. The zero-order chi connectivity index (χ0) is 26.9. The molecular formula is C25H24Cl2F2N4O4. The second-order valence-corrected chi connectivity index (χ2v) is 9.49. The number of hydrogen-bond donors (Lipinski definition) is 0. The van der Waals surface area contributed by atoms with E-state index < -0.39 is 41.7 Å². The van der Waals surface area contributed by atoms with E-state index in [9.17, 15) is 23.2 Å². The summed E-state index contributed by atoms with van der Waals surface area (Å²) in [6.45, 7) is 3.61. The molecule has 2 aliphatic heterocycles. The van der Waals surface area contributed by atoms with Gasteiger partial charge in [-0.3, -0.25) is 9.59 Å². The number of methoxy groups -OCH3 is 1. The third kappa shape index (κ3) is 5.41. The summed E-state index contributed by atoms with van der Waals surface area (Å²) in [7, 11) is 1.21. The van der Waals surface area contributed by atoms with Crippen molar-refractivity contribution in [3.63, 3.8) is 0 Å². The van der Waals surface area contributed by atoms with E-state index in [1.165, 1.54) is 39.1 Å². The molecule has 0 aliphatic carbocycles. The molecule has 1 unspecified atom stereocenters. The highest BCUT2D eigenvalue weighted by Gasteiger charge is 2.51. The number of benzene rings is 2. The molecule has 2 aromatic carbocycles. The summed E-state index contributed by atoms with van der Waals surface area (Å²) in [4.78, 5) is 42.7. The van der Waals surface area contributed by atoms with Gasteiger partial charge in [0.2, 0.25) is 11.8 Å². The van der Waals surface area contributed by atoms with Crippen molar-refractivity contribution >= 4 is 41.1 Å². The Kier molecular flexibility index (Phi) is 8.01. The van der Waals surface area contributed by atoms with Gasteiger partial charge in [0, 0.05) is 35.6 Å². The molecule has 0 spiro atoms. The molecule has 2 saturated heterocycles. The first-order chi connectivity index (χ1) is 17.6. The normalized spacial score (nSPS) is 20.2. The third-order valence-corrected chi connectivity index (χ3v) is 6.92. The fraction of sp³-hybridized carbons (Fsp3) is 0.320. The van der Waals surface area contributed by atoms with Crippen LogP contribution < -0.4 is 0 Å². The van der Waals surface area contributed by atoms with Crippen molar-refractivity contribution < 1.29 is 27.9 Å². The summed E-state index contributed by atoms with van der Waals surface area (Å²) in [5.74, 6) is -2.51. The van der Waals surface area contributed by atoms with E-state index in [-0.39, 0.29) is 38.2 Å². The van der Waals surface area contributed by atoms with E-state index in [4.69, 9.17) is 27.9 Å². The van der Waals surface area contributed by atoms with Gasteiger partial charge in [0.15, 0.2) is 0 Å². The molecule has 0 bridgehead atoms. The molecule has 3 amide bonds. The van der Waals surface area contributed by atoms with Gasteiger partial charge in [0.25, 0.3) is 0 Å². The minimum atomic E-state index is -1.17. The number of rotatable bonds is 6. The first kappa shape index (κ1) is 26.8. The van der Waals surface area contributed by atoms with Crippen LogP contribution in [0.15, 0.2) is 49.1 Å². The quantitative estimate of drug-likeness (QED) is 0.509. The van der Waals surface area contributed by atoms with E-state index in [0.717, 1.165) is 12.1 Å². The lowest BCUT2D eigenvalue weighted by atomic mass is 9.98. The maximum atomic E-state index is 14.6. The number of amides is 3. The summed E-state index contributed by atoms with van der Waals surface area (Å²) in [5, 5.41) is 3.49. The molecule has 4 rings (SSSR count). The molecule has 12 heteroatoms. The summed E-state index contributed by atoms with van der Waals surface area (Å²) >= 11 is 12.4. The molecule has 2 fully saturated rings. The standard InChI is InChI=1S/C25H24Cl2F2N4O4/c1-3-8-31-14-23(34)32-21(9-15-5-7-18(28)11-20(15)29)24(35)30(13-22(32)33(31)25(36)37-2)12-16-4-6-17(26)10-19(16)27/h3-7,10-11,21-22H,1,8-9,12-14H2,2H3/t21-,22?/m0/s1. The molecule has 0 aromatic heterocycles. The van der Waals surface area contributed by atoms with E-state index in [1.807, 2.05) is 0 Å². The Labute approximate surface area is 222 Å². The van der Waals surface area contributed by atoms with E-state index in [2.05, 4.69) is 6.58 Å². The van der Waals surface area contributed by atoms with E-state index >= 15 is 0 Å². The average Bonchev–Trinajstić information content (AvgIpc) is 2.84. The van der Waals surface area contributed by atoms with Crippen molar-refractivity contribution in [3.8, 4) is 0 Å². The van der Waals surface area contributed by atoms with E-state index in [0.29, 0.717) is 15.6 Å². The highest BCUT2D eigenvalue weighted by molar-refractivity contribution is 6.35. The summed E-state index contributed by atoms with van der Waals surface area (Å²) in [5.41, 5.74) is 0.644. The van der Waals surface area contributed by atoms with Crippen LogP contribution in [0, 0.1) is 11.6 Å². The zero-order valence-electron chi connectivity index (χ0n) is 19.9. The number of piperazine rings is 1. The lowest BCUT2D eigenvalue weighted by molar-refractivity contribution is -0.192. The SMILES string of the molecule is C=CCN1CC(=O)N2C(CN(Cc3ccc(Cl)cc3Cl)C(=O)[C@@H]2Cc2ccc(F)cc2F)N1C(=O)OC. The van der Waals surface area contributed by atoms with Gasteiger partial charge in [-0.15, -0.1) is 6.58 Å². The smallest absolute Gasteiger partial charge is 0.426 e. The van der Waals surface area contributed by atoms with Crippen molar-refractivity contribution in [2.24, 2.45) is 0 Å². The second kappa shape index (κ2) is 11.0. The summed E-state index contributed by atoms with van der Waals surface area (Å²) < 4.78 is 33.1. The first-order valence-electron chi connectivity index (χ1n) is 11.3.